The van der Waals surface area contributed by atoms with Crippen LogP contribution >= 0.6 is 11.3 Å². The van der Waals surface area contributed by atoms with E-state index < -0.39 is 6.10 Å². The second-order valence-corrected chi connectivity index (χ2v) is 4.21. The van der Waals surface area contributed by atoms with Crippen LogP contribution in [-0.4, -0.2) is 14.9 Å². The number of nitrogens with zero attached hydrogens (tertiary/aromatic N) is 2. The first-order valence-electron chi connectivity index (χ1n) is 4.40. The van der Waals surface area contributed by atoms with Gasteiger partial charge in [-0.25, -0.2) is 0 Å². The molecule has 2 aromatic heterocycles. The van der Waals surface area contributed by atoms with Crippen LogP contribution < -0.4 is 0 Å². The molecule has 2 aromatic rings. The first kappa shape index (κ1) is 9.43. The van der Waals surface area contributed by atoms with E-state index in [-0.39, 0.29) is 0 Å². The van der Waals surface area contributed by atoms with Crippen molar-refractivity contribution in [2.75, 3.05) is 0 Å². The van der Waals surface area contributed by atoms with E-state index in [1.807, 2.05) is 31.5 Å². The summed E-state index contributed by atoms with van der Waals surface area (Å²) in [5, 5.41) is 16.1. The molecule has 0 fully saturated rings. The smallest absolute Gasteiger partial charge is 0.116 e. The van der Waals surface area contributed by atoms with Gasteiger partial charge in [0.15, 0.2) is 0 Å². The molecular formula is C10H12N2OS. The molecule has 1 unspecified atom stereocenters. The number of aryl methyl sites for hydroxylation is 1. The van der Waals surface area contributed by atoms with E-state index in [1.165, 1.54) is 0 Å². The highest BCUT2D eigenvalue weighted by Crippen LogP contribution is 2.27. The zero-order valence-electron chi connectivity index (χ0n) is 8.14. The number of aromatic nitrogens is 2. The molecule has 0 aliphatic heterocycles. The van der Waals surface area contributed by atoms with Crippen molar-refractivity contribution >= 4 is 11.3 Å². The largest absolute Gasteiger partial charge is 0.383 e. The van der Waals surface area contributed by atoms with Gasteiger partial charge in [-0.1, -0.05) is 6.07 Å². The third-order valence-corrected chi connectivity index (χ3v) is 3.31. The maximum atomic E-state index is 10.0. The second-order valence-electron chi connectivity index (χ2n) is 3.23. The van der Waals surface area contributed by atoms with Gasteiger partial charge in [-0.3, -0.25) is 4.68 Å². The predicted octanol–water partition coefficient (Wildman–Crippen LogP) is 1.87. The maximum Gasteiger partial charge on any atom is 0.116 e. The molecule has 1 N–H and O–H groups in total. The van der Waals surface area contributed by atoms with Crippen molar-refractivity contribution in [2.24, 2.45) is 7.05 Å². The number of rotatable bonds is 2. The number of hydrogen-bond acceptors (Lipinski definition) is 3. The minimum atomic E-state index is -0.538. The second kappa shape index (κ2) is 3.55. The Morgan fingerprint density at radius 3 is 2.86 bits per heavy atom. The number of aliphatic hydroxyl groups is 1. The van der Waals surface area contributed by atoms with Gasteiger partial charge in [0.2, 0.25) is 0 Å². The van der Waals surface area contributed by atoms with Crippen LogP contribution in [0.25, 0.3) is 0 Å². The Morgan fingerprint density at radius 1 is 1.57 bits per heavy atom. The fourth-order valence-electron chi connectivity index (χ4n) is 1.38. The standard InChI is InChI=1S/C10H12N2OS/c1-7-8(6-11-12(7)2)10(13)9-4-3-5-14-9/h3-6,10,13H,1-2H3. The van der Waals surface area contributed by atoms with Crippen LogP contribution in [0.15, 0.2) is 23.7 Å². The molecule has 0 saturated heterocycles. The van der Waals surface area contributed by atoms with Crippen molar-refractivity contribution < 1.29 is 5.11 Å². The molecule has 0 aliphatic rings. The maximum absolute atomic E-state index is 10.0. The zero-order chi connectivity index (χ0) is 10.1. The van der Waals surface area contributed by atoms with Crippen molar-refractivity contribution in [3.8, 4) is 0 Å². The van der Waals surface area contributed by atoms with E-state index in [9.17, 15) is 5.11 Å². The molecule has 2 rings (SSSR count). The Kier molecular flexibility index (Phi) is 2.39. The lowest BCUT2D eigenvalue weighted by atomic mass is 10.1. The molecule has 74 valence electrons. The highest BCUT2D eigenvalue weighted by atomic mass is 32.1. The van der Waals surface area contributed by atoms with Gasteiger partial charge >= 0.3 is 0 Å². The van der Waals surface area contributed by atoms with Gasteiger partial charge in [-0.15, -0.1) is 11.3 Å². The molecule has 0 radical (unpaired) electrons. The molecule has 14 heavy (non-hydrogen) atoms. The minimum absolute atomic E-state index is 0.538. The minimum Gasteiger partial charge on any atom is -0.383 e. The lowest BCUT2D eigenvalue weighted by Crippen LogP contribution is -2.00. The van der Waals surface area contributed by atoms with Crippen LogP contribution in [-0.2, 0) is 7.05 Å². The first-order chi connectivity index (χ1) is 6.70. The van der Waals surface area contributed by atoms with Gasteiger partial charge < -0.3 is 5.11 Å². The predicted molar refractivity (Wildman–Crippen MR) is 56.3 cm³/mol. The number of thiophene rings is 1. The van der Waals surface area contributed by atoms with Crippen LogP contribution in [0, 0.1) is 6.92 Å². The highest BCUT2D eigenvalue weighted by Gasteiger charge is 2.16. The molecule has 0 saturated carbocycles. The Morgan fingerprint density at radius 2 is 2.36 bits per heavy atom. The fourth-order valence-corrected chi connectivity index (χ4v) is 2.11. The summed E-state index contributed by atoms with van der Waals surface area (Å²) in [5.74, 6) is 0. The van der Waals surface area contributed by atoms with Crippen molar-refractivity contribution in [3.05, 3.63) is 39.8 Å². The number of aliphatic hydroxyl groups excluding tert-OH is 1. The summed E-state index contributed by atoms with van der Waals surface area (Å²) in [6.45, 7) is 1.96. The average molecular weight is 208 g/mol. The summed E-state index contributed by atoms with van der Waals surface area (Å²) >= 11 is 1.56. The SMILES string of the molecule is Cc1c(C(O)c2cccs2)cnn1C. The monoisotopic (exact) mass is 208 g/mol. The summed E-state index contributed by atoms with van der Waals surface area (Å²) in [6, 6.07) is 3.87. The zero-order valence-corrected chi connectivity index (χ0v) is 8.95. The average Bonchev–Trinajstić information content (AvgIpc) is 2.77. The van der Waals surface area contributed by atoms with Crippen molar-refractivity contribution in [3.63, 3.8) is 0 Å². The third kappa shape index (κ3) is 1.47. The lowest BCUT2D eigenvalue weighted by molar-refractivity contribution is 0.223. The fraction of sp³-hybridized carbons (Fsp3) is 0.300. The van der Waals surface area contributed by atoms with Crippen LogP contribution in [0.1, 0.15) is 22.2 Å². The summed E-state index contributed by atoms with van der Waals surface area (Å²) in [4.78, 5) is 0.959. The molecule has 0 aromatic carbocycles. The summed E-state index contributed by atoms with van der Waals surface area (Å²) < 4.78 is 1.77. The van der Waals surface area contributed by atoms with E-state index in [2.05, 4.69) is 5.10 Å². The lowest BCUT2D eigenvalue weighted by Gasteiger charge is -2.07. The van der Waals surface area contributed by atoms with Crippen molar-refractivity contribution in [2.45, 2.75) is 13.0 Å². The van der Waals surface area contributed by atoms with Crippen LogP contribution in [0.2, 0.25) is 0 Å². The third-order valence-electron chi connectivity index (χ3n) is 2.38. The van der Waals surface area contributed by atoms with E-state index in [4.69, 9.17) is 0 Å². The summed E-state index contributed by atoms with van der Waals surface area (Å²) in [5.41, 5.74) is 1.89. The molecule has 3 nitrogen and oxygen atoms in total. The van der Waals surface area contributed by atoms with E-state index in [1.54, 1.807) is 22.2 Å². The van der Waals surface area contributed by atoms with Crippen LogP contribution in [0.4, 0.5) is 0 Å². The quantitative estimate of drug-likeness (QED) is 0.818. The van der Waals surface area contributed by atoms with Crippen molar-refractivity contribution in [1.29, 1.82) is 0 Å². The van der Waals surface area contributed by atoms with Gasteiger partial charge in [0.25, 0.3) is 0 Å². The van der Waals surface area contributed by atoms with Crippen LogP contribution in [0.3, 0.4) is 0 Å². The van der Waals surface area contributed by atoms with Gasteiger partial charge in [0.1, 0.15) is 6.10 Å². The van der Waals surface area contributed by atoms with E-state index in [0.717, 1.165) is 16.1 Å². The topological polar surface area (TPSA) is 38.1 Å². The molecule has 4 heteroatoms. The van der Waals surface area contributed by atoms with Crippen LogP contribution in [0.5, 0.6) is 0 Å². The van der Waals surface area contributed by atoms with Gasteiger partial charge in [-0.2, -0.15) is 5.10 Å². The first-order valence-corrected chi connectivity index (χ1v) is 5.28. The van der Waals surface area contributed by atoms with Gasteiger partial charge in [0, 0.05) is 23.2 Å². The van der Waals surface area contributed by atoms with Crippen molar-refractivity contribution in [1.82, 2.24) is 9.78 Å². The van der Waals surface area contributed by atoms with E-state index >= 15 is 0 Å². The molecule has 1 atom stereocenters. The molecule has 0 spiro atoms. The van der Waals surface area contributed by atoms with E-state index in [0.29, 0.717) is 0 Å². The molecular weight excluding hydrogens is 196 g/mol. The molecule has 0 bridgehead atoms. The normalized spacial score (nSPS) is 13.1. The molecule has 0 amide bonds. The summed E-state index contributed by atoms with van der Waals surface area (Å²) in [7, 11) is 1.87. The summed E-state index contributed by atoms with van der Waals surface area (Å²) in [6.07, 6.45) is 1.18. The Balaban J connectivity index is 2.36. The molecule has 0 aliphatic carbocycles. The molecule has 2 heterocycles. The Hall–Kier alpha value is -1.13. The van der Waals surface area contributed by atoms with Gasteiger partial charge in [-0.05, 0) is 18.4 Å². The van der Waals surface area contributed by atoms with Gasteiger partial charge in [0.05, 0.1) is 6.20 Å². The highest BCUT2D eigenvalue weighted by molar-refractivity contribution is 7.10. The Labute approximate surface area is 86.6 Å². The Bertz CT molecular complexity index is 419. The number of hydrogen-bond donors (Lipinski definition) is 1.